The maximum Gasteiger partial charge on any atom is 0.262 e. The average Bonchev–Trinajstić information content (AvgIpc) is 3.15. The molecule has 1 aromatic heterocycles. The number of benzene rings is 1. The van der Waals surface area contributed by atoms with Crippen LogP contribution in [0.5, 0.6) is 0 Å². The Bertz CT molecular complexity index is 981. The van der Waals surface area contributed by atoms with E-state index in [-0.39, 0.29) is 22.8 Å². The molecular weight excluding hydrogens is 412 g/mol. The number of carbonyl (C=O) groups excluding carboxylic acids is 1. The van der Waals surface area contributed by atoms with Crippen LogP contribution >= 0.6 is 0 Å². The quantitative estimate of drug-likeness (QED) is 0.687. The molecule has 0 radical (unpaired) electrons. The van der Waals surface area contributed by atoms with Crippen molar-refractivity contribution in [2.75, 3.05) is 26.2 Å². The van der Waals surface area contributed by atoms with Crippen LogP contribution in [0.4, 0.5) is 0 Å². The summed E-state index contributed by atoms with van der Waals surface area (Å²) in [5.41, 5.74) is 1.25. The lowest BCUT2D eigenvalue weighted by molar-refractivity contribution is -0.137. The Morgan fingerprint density at radius 2 is 1.77 bits per heavy atom. The molecule has 3 heterocycles. The average molecular weight is 445 g/mol. The normalized spacial score (nSPS) is 21.9. The van der Waals surface area contributed by atoms with E-state index in [0.717, 1.165) is 51.6 Å². The summed E-state index contributed by atoms with van der Waals surface area (Å²) in [5.74, 6) is 0.525. The van der Waals surface area contributed by atoms with Crippen molar-refractivity contribution in [1.82, 2.24) is 18.8 Å². The van der Waals surface area contributed by atoms with Gasteiger partial charge in [0, 0.05) is 45.3 Å². The monoisotopic (exact) mass is 444 g/mol. The number of carbonyl (C=O) groups is 1. The van der Waals surface area contributed by atoms with Gasteiger partial charge in [-0.05, 0) is 43.6 Å². The summed E-state index contributed by atoms with van der Waals surface area (Å²) >= 11 is 0. The van der Waals surface area contributed by atoms with Crippen LogP contribution < -0.4 is 0 Å². The molecule has 2 aliphatic heterocycles. The Morgan fingerprint density at radius 3 is 2.45 bits per heavy atom. The van der Waals surface area contributed by atoms with Crippen molar-refractivity contribution in [3.8, 4) is 0 Å². The van der Waals surface area contributed by atoms with E-state index in [0.29, 0.717) is 13.1 Å². The first-order chi connectivity index (χ1) is 14.9. The first kappa shape index (κ1) is 22.0. The lowest BCUT2D eigenvalue weighted by atomic mass is 9.81. The van der Waals surface area contributed by atoms with E-state index in [1.165, 1.54) is 16.2 Å². The van der Waals surface area contributed by atoms with Crippen molar-refractivity contribution in [2.45, 2.75) is 43.6 Å². The van der Waals surface area contributed by atoms with Gasteiger partial charge in [0.1, 0.15) is 0 Å². The van der Waals surface area contributed by atoms with Gasteiger partial charge in [0.15, 0.2) is 5.03 Å². The summed E-state index contributed by atoms with van der Waals surface area (Å²) in [5, 5.41) is 0.103. The van der Waals surface area contributed by atoms with Crippen molar-refractivity contribution in [1.29, 1.82) is 0 Å². The number of rotatable bonds is 6. The lowest BCUT2D eigenvalue weighted by Gasteiger charge is -2.35. The Morgan fingerprint density at radius 1 is 1.03 bits per heavy atom. The van der Waals surface area contributed by atoms with Gasteiger partial charge in [-0.15, -0.1) is 0 Å². The fourth-order valence-electron chi connectivity index (χ4n) is 4.88. The molecule has 0 aliphatic carbocycles. The summed E-state index contributed by atoms with van der Waals surface area (Å²) in [4.78, 5) is 19.4. The van der Waals surface area contributed by atoms with E-state index in [1.54, 1.807) is 17.8 Å². The van der Waals surface area contributed by atoms with Gasteiger partial charge in [-0.3, -0.25) is 4.79 Å². The molecule has 1 atom stereocenters. The molecule has 168 valence electrons. The van der Waals surface area contributed by atoms with E-state index in [1.807, 2.05) is 23.1 Å². The second kappa shape index (κ2) is 9.53. The number of amides is 1. The molecule has 8 heteroatoms. The minimum absolute atomic E-state index is 0.0120. The predicted molar refractivity (Wildman–Crippen MR) is 119 cm³/mol. The standard InChI is InChI=1S/C23H32N4O3S/c1-25-17-22(24-18-25)31(29,30)27-15-11-20(12-16-27)21-9-5-6-13-26(23(21)28)14-10-19-7-3-2-4-8-19/h2-4,7-8,17-18,20-21H,5-6,9-16H2,1H3/t21-/m1/s1. The predicted octanol–water partition coefficient (Wildman–Crippen LogP) is 2.69. The van der Waals surface area contributed by atoms with Crippen molar-refractivity contribution in [2.24, 2.45) is 18.9 Å². The Hall–Kier alpha value is -2.19. The molecule has 31 heavy (non-hydrogen) atoms. The molecular formula is C23H32N4O3S. The van der Waals surface area contributed by atoms with Crippen LogP contribution in [-0.2, 0) is 28.3 Å². The third kappa shape index (κ3) is 5.01. The van der Waals surface area contributed by atoms with Crippen LogP contribution in [0.25, 0.3) is 0 Å². The number of imidazole rings is 1. The fourth-order valence-corrected chi connectivity index (χ4v) is 6.31. The van der Waals surface area contributed by atoms with E-state index in [2.05, 4.69) is 17.1 Å². The molecule has 2 aliphatic rings. The molecule has 1 aromatic carbocycles. The van der Waals surface area contributed by atoms with Crippen LogP contribution in [0.1, 0.15) is 37.7 Å². The van der Waals surface area contributed by atoms with Gasteiger partial charge in [-0.2, -0.15) is 4.31 Å². The minimum Gasteiger partial charge on any atom is -0.342 e. The molecule has 0 unspecified atom stereocenters. The SMILES string of the molecule is Cn1cnc(S(=O)(=O)N2CCC([C@H]3CCCCN(CCc4ccccc4)C3=O)CC2)c1. The largest absolute Gasteiger partial charge is 0.342 e. The molecule has 0 spiro atoms. The van der Waals surface area contributed by atoms with Gasteiger partial charge >= 0.3 is 0 Å². The summed E-state index contributed by atoms with van der Waals surface area (Å²) < 4.78 is 28.9. The first-order valence-corrected chi connectivity index (χ1v) is 12.7. The summed E-state index contributed by atoms with van der Waals surface area (Å²) in [6, 6.07) is 10.3. The van der Waals surface area contributed by atoms with Crippen LogP contribution in [0, 0.1) is 11.8 Å². The molecule has 0 saturated carbocycles. The Kier molecular flexibility index (Phi) is 6.77. The zero-order valence-electron chi connectivity index (χ0n) is 18.2. The third-order valence-corrected chi connectivity index (χ3v) is 8.47. The second-order valence-electron chi connectivity index (χ2n) is 8.78. The van der Waals surface area contributed by atoms with Gasteiger partial charge in [0.25, 0.3) is 10.0 Å². The summed E-state index contributed by atoms with van der Waals surface area (Å²) in [7, 11) is -1.80. The summed E-state index contributed by atoms with van der Waals surface area (Å²) in [6.07, 6.45) is 8.41. The molecule has 4 rings (SSSR count). The fraction of sp³-hybridized carbons (Fsp3) is 0.565. The molecule has 2 aromatic rings. The van der Waals surface area contributed by atoms with Crippen molar-refractivity contribution in [3.05, 3.63) is 48.4 Å². The topological polar surface area (TPSA) is 75.5 Å². The highest BCUT2D eigenvalue weighted by Crippen LogP contribution is 2.33. The number of sulfonamides is 1. The Balaban J connectivity index is 1.37. The highest BCUT2D eigenvalue weighted by atomic mass is 32.2. The van der Waals surface area contributed by atoms with E-state index in [4.69, 9.17) is 0 Å². The van der Waals surface area contributed by atoms with Crippen LogP contribution in [0.15, 0.2) is 47.9 Å². The molecule has 2 saturated heterocycles. The minimum atomic E-state index is -3.56. The van der Waals surface area contributed by atoms with Crippen molar-refractivity contribution < 1.29 is 13.2 Å². The Labute approximate surface area is 185 Å². The highest BCUT2D eigenvalue weighted by Gasteiger charge is 2.38. The number of piperidine rings is 1. The van der Waals surface area contributed by atoms with Crippen LogP contribution in [0.3, 0.4) is 0 Å². The number of aromatic nitrogens is 2. The summed E-state index contributed by atoms with van der Waals surface area (Å²) in [6.45, 7) is 2.50. The van der Waals surface area contributed by atoms with Gasteiger partial charge in [-0.25, -0.2) is 13.4 Å². The maximum absolute atomic E-state index is 13.4. The van der Waals surface area contributed by atoms with Gasteiger partial charge in [0.05, 0.1) is 6.33 Å². The number of aryl methyl sites for hydroxylation is 1. The molecule has 7 nitrogen and oxygen atoms in total. The number of likely N-dealkylation sites (tertiary alicyclic amines) is 1. The molecule has 1 amide bonds. The van der Waals surface area contributed by atoms with E-state index >= 15 is 0 Å². The molecule has 2 fully saturated rings. The van der Waals surface area contributed by atoms with Crippen LogP contribution in [-0.4, -0.2) is 59.3 Å². The zero-order valence-corrected chi connectivity index (χ0v) is 19.0. The van der Waals surface area contributed by atoms with E-state index < -0.39 is 10.0 Å². The smallest absolute Gasteiger partial charge is 0.262 e. The van der Waals surface area contributed by atoms with Crippen molar-refractivity contribution in [3.63, 3.8) is 0 Å². The number of hydrogen-bond donors (Lipinski definition) is 0. The van der Waals surface area contributed by atoms with E-state index in [9.17, 15) is 13.2 Å². The highest BCUT2D eigenvalue weighted by molar-refractivity contribution is 7.89. The molecule has 0 N–H and O–H groups in total. The molecule has 0 bridgehead atoms. The maximum atomic E-state index is 13.4. The van der Waals surface area contributed by atoms with Gasteiger partial charge in [0.2, 0.25) is 5.91 Å². The van der Waals surface area contributed by atoms with Crippen molar-refractivity contribution >= 4 is 15.9 Å². The van der Waals surface area contributed by atoms with Gasteiger partial charge < -0.3 is 9.47 Å². The number of nitrogens with zero attached hydrogens (tertiary/aromatic N) is 4. The lowest BCUT2D eigenvalue weighted by Crippen LogP contribution is -2.44. The zero-order chi connectivity index (χ0) is 21.8. The van der Waals surface area contributed by atoms with Crippen LogP contribution in [0.2, 0.25) is 0 Å². The number of hydrogen-bond acceptors (Lipinski definition) is 4. The second-order valence-corrected chi connectivity index (χ2v) is 10.7. The first-order valence-electron chi connectivity index (χ1n) is 11.3. The van der Waals surface area contributed by atoms with Gasteiger partial charge in [-0.1, -0.05) is 36.8 Å². The third-order valence-electron chi connectivity index (χ3n) is 6.69.